The van der Waals surface area contributed by atoms with Crippen LogP contribution < -0.4 is 16.0 Å². The molecule has 3 N–H and O–H groups in total. The molecular weight excluding hydrogens is 330 g/mol. The third kappa shape index (κ3) is 6.11. The van der Waals surface area contributed by atoms with Crippen molar-refractivity contribution >= 4 is 24.2 Å². The van der Waals surface area contributed by atoms with Crippen LogP contribution in [0.15, 0.2) is 24.3 Å². The van der Waals surface area contributed by atoms with E-state index >= 15 is 0 Å². The van der Waals surface area contributed by atoms with Gasteiger partial charge in [-0.05, 0) is 31.0 Å². The van der Waals surface area contributed by atoms with Gasteiger partial charge in [0.2, 0.25) is 0 Å². The minimum Gasteiger partial charge on any atom is -0.366 e. The Morgan fingerprint density at radius 3 is 2.88 bits per heavy atom. The molecule has 0 spiro atoms. The maximum atomic E-state index is 12.1. The highest BCUT2D eigenvalue weighted by Gasteiger charge is 2.21. The number of amides is 2. The van der Waals surface area contributed by atoms with Crippen LogP contribution in [0.4, 0.5) is 0 Å². The fourth-order valence-corrected chi connectivity index (χ4v) is 2.27. The molecule has 24 heavy (non-hydrogen) atoms. The van der Waals surface area contributed by atoms with Crippen molar-refractivity contribution in [3.05, 3.63) is 35.4 Å². The number of hydrogen-bond acceptors (Lipinski definition) is 4. The van der Waals surface area contributed by atoms with Crippen LogP contribution in [0.25, 0.3) is 0 Å². The second kappa shape index (κ2) is 10.3. The van der Waals surface area contributed by atoms with Gasteiger partial charge in [0, 0.05) is 31.2 Å². The minimum absolute atomic E-state index is 0. The molecule has 134 valence electrons. The summed E-state index contributed by atoms with van der Waals surface area (Å²) in [7, 11) is 0. The molecule has 0 bridgehead atoms. The normalized spacial score (nSPS) is 18.2. The number of benzene rings is 1. The Labute approximate surface area is 149 Å². The van der Waals surface area contributed by atoms with Crippen LogP contribution in [0.3, 0.4) is 0 Å². The summed E-state index contributed by atoms with van der Waals surface area (Å²) in [6.45, 7) is 6.23. The maximum Gasteiger partial charge on any atom is 0.251 e. The molecule has 1 saturated heterocycles. The van der Waals surface area contributed by atoms with Gasteiger partial charge in [0.25, 0.3) is 11.8 Å². The summed E-state index contributed by atoms with van der Waals surface area (Å²) < 4.78 is 5.41. The fraction of sp³-hybridized carbons (Fsp3) is 0.529. The Kier molecular flexibility index (Phi) is 8.74. The predicted molar refractivity (Wildman–Crippen MR) is 95.4 cm³/mol. The van der Waals surface area contributed by atoms with Gasteiger partial charge in [-0.1, -0.05) is 19.1 Å². The van der Waals surface area contributed by atoms with Gasteiger partial charge in [-0.15, -0.1) is 12.4 Å². The van der Waals surface area contributed by atoms with Crippen molar-refractivity contribution in [3.8, 4) is 0 Å². The SMILES string of the molecule is CCC(C)NC(=O)c1cccc(CNC(=O)C2CNCCO2)c1.Cl. The molecule has 6 nitrogen and oxygen atoms in total. The van der Waals surface area contributed by atoms with E-state index in [1.54, 1.807) is 12.1 Å². The molecule has 1 heterocycles. The molecule has 1 fully saturated rings. The molecule has 2 unspecified atom stereocenters. The molecule has 0 aromatic heterocycles. The van der Waals surface area contributed by atoms with Crippen LogP contribution in [0.2, 0.25) is 0 Å². The first kappa shape index (κ1) is 20.4. The van der Waals surface area contributed by atoms with E-state index in [1.165, 1.54) is 0 Å². The third-order valence-corrected chi connectivity index (χ3v) is 3.87. The predicted octanol–water partition coefficient (Wildman–Crippen LogP) is 1.24. The largest absolute Gasteiger partial charge is 0.366 e. The van der Waals surface area contributed by atoms with E-state index in [4.69, 9.17) is 4.74 Å². The summed E-state index contributed by atoms with van der Waals surface area (Å²) in [5.74, 6) is -0.223. The number of carbonyl (C=O) groups excluding carboxylic acids is 2. The lowest BCUT2D eigenvalue weighted by molar-refractivity contribution is -0.134. The zero-order valence-corrected chi connectivity index (χ0v) is 14.9. The lowest BCUT2D eigenvalue weighted by Gasteiger charge is -2.22. The Balaban J connectivity index is 0.00000288. The van der Waals surface area contributed by atoms with Crippen LogP contribution in [0.5, 0.6) is 0 Å². The van der Waals surface area contributed by atoms with E-state index in [0.29, 0.717) is 25.3 Å². The molecule has 2 rings (SSSR count). The lowest BCUT2D eigenvalue weighted by Crippen LogP contribution is -2.47. The van der Waals surface area contributed by atoms with E-state index in [2.05, 4.69) is 16.0 Å². The van der Waals surface area contributed by atoms with Gasteiger partial charge in [-0.3, -0.25) is 9.59 Å². The second-order valence-electron chi connectivity index (χ2n) is 5.76. The van der Waals surface area contributed by atoms with Gasteiger partial charge in [0.05, 0.1) is 6.61 Å². The summed E-state index contributed by atoms with van der Waals surface area (Å²) >= 11 is 0. The summed E-state index contributed by atoms with van der Waals surface area (Å²) in [5, 5.41) is 8.91. The molecule has 0 radical (unpaired) electrons. The van der Waals surface area contributed by atoms with Crippen molar-refractivity contribution in [2.75, 3.05) is 19.7 Å². The topological polar surface area (TPSA) is 79.5 Å². The zero-order chi connectivity index (χ0) is 16.7. The molecule has 1 aliphatic heterocycles. The molecule has 2 atom stereocenters. The van der Waals surface area contributed by atoms with Gasteiger partial charge in [0.1, 0.15) is 6.10 Å². The number of rotatable bonds is 6. The van der Waals surface area contributed by atoms with Crippen molar-refractivity contribution in [1.82, 2.24) is 16.0 Å². The summed E-state index contributed by atoms with van der Waals surface area (Å²) in [6, 6.07) is 7.43. The molecule has 1 aliphatic rings. The van der Waals surface area contributed by atoms with Crippen LogP contribution >= 0.6 is 12.4 Å². The minimum atomic E-state index is -0.444. The molecule has 1 aromatic carbocycles. The Morgan fingerprint density at radius 2 is 2.21 bits per heavy atom. The van der Waals surface area contributed by atoms with E-state index in [0.717, 1.165) is 18.5 Å². The second-order valence-corrected chi connectivity index (χ2v) is 5.76. The number of carbonyl (C=O) groups is 2. The smallest absolute Gasteiger partial charge is 0.251 e. The zero-order valence-electron chi connectivity index (χ0n) is 14.1. The van der Waals surface area contributed by atoms with Crippen LogP contribution in [0.1, 0.15) is 36.2 Å². The molecule has 2 amide bonds. The number of halogens is 1. The molecule has 1 aromatic rings. The fourth-order valence-electron chi connectivity index (χ4n) is 2.27. The van der Waals surface area contributed by atoms with E-state index in [9.17, 15) is 9.59 Å². The van der Waals surface area contributed by atoms with Crippen LogP contribution in [-0.4, -0.2) is 43.7 Å². The van der Waals surface area contributed by atoms with Gasteiger partial charge >= 0.3 is 0 Å². The first-order chi connectivity index (χ1) is 11.1. The average molecular weight is 356 g/mol. The number of ether oxygens (including phenoxy) is 1. The molecule has 7 heteroatoms. The Bertz CT molecular complexity index is 548. The van der Waals surface area contributed by atoms with Crippen molar-refractivity contribution < 1.29 is 14.3 Å². The van der Waals surface area contributed by atoms with Crippen molar-refractivity contribution in [2.45, 2.75) is 39.0 Å². The first-order valence-corrected chi connectivity index (χ1v) is 8.10. The number of hydrogen-bond donors (Lipinski definition) is 3. The number of nitrogens with one attached hydrogen (secondary N) is 3. The van der Waals surface area contributed by atoms with Crippen LogP contribution in [0, 0.1) is 0 Å². The van der Waals surface area contributed by atoms with Gasteiger partial charge in [-0.25, -0.2) is 0 Å². The monoisotopic (exact) mass is 355 g/mol. The van der Waals surface area contributed by atoms with E-state index in [-0.39, 0.29) is 30.3 Å². The third-order valence-electron chi connectivity index (χ3n) is 3.87. The lowest BCUT2D eigenvalue weighted by atomic mass is 10.1. The molecule has 0 saturated carbocycles. The van der Waals surface area contributed by atoms with Crippen molar-refractivity contribution in [3.63, 3.8) is 0 Å². The van der Waals surface area contributed by atoms with Crippen molar-refractivity contribution in [2.24, 2.45) is 0 Å². The van der Waals surface area contributed by atoms with Gasteiger partial charge in [0.15, 0.2) is 0 Å². The molecule has 0 aliphatic carbocycles. The number of morpholine rings is 1. The van der Waals surface area contributed by atoms with Crippen molar-refractivity contribution in [1.29, 1.82) is 0 Å². The highest BCUT2D eigenvalue weighted by Crippen LogP contribution is 2.07. The van der Waals surface area contributed by atoms with E-state index < -0.39 is 6.10 Å². The first-order valence-electron chi connectivity index (χ1n) is 8.10. The summed E-state index contributed by atoms with van der Waals surface area (Å²) in [4.78, 5) is 24.1. The molecular formula is C17H26ClN3O3. The standard InChI is InChI=1S/C17H25N3O3.ClH/c1-3-12(2)20-16(21)14-6-4-5-13(9-14)10-19-17(22)15-11-18-7-8-23-15;/h4-6,9,12,15,18H,3,7-8,10-11H2,1-2H3,(H,19,22)(H,20,21);1H. The van der Waals surface area contributed by atoms with Gasteiger partial charge in [-0.2, -0.15) is 0 Å². The highest BCUT2D eigenvalue weighted by atomic mass is 35.5. The van der Waals surface area contributed by atoms with Gasteiger partial charge < -0.3 is 20.7 Å². The van der Waals surface area contributed by atoms with Crippen LogP contribution in [-0.2, 0) is 16.1 Å². The van der Waals surface area contributed by atoms with E-state index in [1.807, 2.05) is 26.0 Å². The Hall–Kier alpha value is -1.63. The maximum absolute atomic E-state index is 12.1. The quantitative estimate of drug-likeness (QED) is 0.717. The summed E-state index contributed by atoms with van der Waals surface area (Å²) in [5.41, 5.74) is 1.49. The average Bonchev–Trinajstić information content (AvgIpc) is 2.60. The Morgan fingerprint density at radius 1 is 1.42 bits per heavy atom. The summed E-state index contributed by atoms with van der Waals surface area (Å²) in [6.07, 6.45) is 0.442. The highest BCUT2D eigenvalue weighted by molar-refractivity contribution is 5.94.